The minimum atomic E-state index is -0.232. The number of carbonyl (C=O) groups excluding carboxylic acids is 1. The van der Waals surface area contributed by atoms with Gasteiger partial charge in [0.15, 0.2) is 11.5 Å². The predicted octanol–water partition coefficient (Wildman–Crippen LogP) is 0.160. The Morgan fingerprint density at radius 1 is 1.56 bits per heavy atom. The van der Waals surface area contributed by atoms with Crippen molar-refractivity contribution in [1.29, 1.82) is 0 Å². The molecule has 1 aromatic rings. The summed E-state index contributed by atoms with van der Waals surface area (Å²) in [4.78, 5) is 11.5. The summed E-state index contributed by atoms with van der Waals surface area (Å²) in [5.74, 6) is 0.309. The van der Waals surface area contributed by atoms with Crippen LogP contribution in [0.15, 0.2) is 10.6 Å². The third kappa shape index (κ3) is 4.00. The Balaban J connectivity index is 2.34. The Labute approximate surface area is 94.3 Å². The number of amides is 1. The second-order valence-electron chi connectivity index (χ2n) is 3.22. The van der Waals surface area contributed by atoms with E-state index >= 15 is 0 Å². The topological polar surface area (TPSA) is 76.4 Å². The highest BCUT2D eigenvalue weighted by Gasteiger charge is 2.11. The van der Waals surface area contributed by atoms with E-state index in [0.717, 1.165) is 13.1 Å². The number of carbonyl (C=O) groups is 1. The van der Waals surface area contributed by atoms with Gasteiger partial charge in [-0.3, -0.25) is 4.79 Å². The average Bonchev–Trinajstić information content (AvgIpc) is 2.73. The molecule has 0 aromatic carbocycles. The van der Waals surface area contributed by atoms with Gasteiger partial charge in [0.05, 0.1) is 0 Å². The van der Waals surface area contributed by atoms with E-state index in [1.165, 1.54) is 0 Å². The molecule has 0 unspecified atom stereocenters. The predicted molar refractivity (Wildman–Crippen MR) is 58.1 cm³/mol. The van der Waals surface area contributed by atoms with Gasteiger partial charge in [-0.05, 0) is 6.54 Å². The molecule has 0 saturated carbocycles. The first-order valence-electron chi connectivity index (χ1n) is 5.21. The number of rotatable bonds is 7. The summed E-state index contributed by atoms with van der Waals surface area (Å²) in [5, 5.41) is 9.47. The van der Waals surface area contributed by atoms with Crippen LogP contribution in [0, 0.1) is 0 Å². The summed E-state index contributed by atoms with van der Waals surface area (Å²) in [6.45, 7) is 4.52. The Kier molecular flexibility index (Phi) is 5.52. The van der Waals surface area contributed by atoms with E-state index < -0.39 is 0 Å². The van der Waals surface area contributed by atoms with Crippen LogP contribution >= 0.6 is 0 Å². The van der Waals surface area contributed by atoms with E-state index in [2.05, 4.69) is 15.8 Å². The van der Waals surface area contributed by atoms with Gasteiger partial charge in [0, 0.05) is 26.3 Å². The van der Waals surface area contributed by atoms with Crippen molar-refractivity contribution in [2.24, 2.45) is 0 Å². The Bertz CT molecular complexity index is 325. The molecular formula is C10H17N3O3. The number of ether oxygens (including phenoxy) is 1. The van der Waals surface area contributed by atoms with Gasteiger partial charge in [0.1, 0.15) is 6.61 Å². The molecule has 0 spiro atoms. The van der Waals surface area contributed by atoms with Crippen molar-refractivity contribution in [3.8, 4) is 0 Å². The number of hydrogen-bond acceptors (Lipinski definition) is 5. The molecule has 1 aromatic heterocycles. The second kappa shape index (κ2) is 6.97. The van der Waals surface area contributed by atoms with E-state index in [9.17, 15) is 4.79 Å². The van der Waals surface area contributed by atoms with Crippen LogP contribution < -0.4 is 10.6 Å². The molecule has 0 aliphatic carbocycles. The normalized spacial score (nSPS) is 10.4. The molecule has 0 aliphatic rings. The lowest BCUT2D eigenvalue weighted by Gasteiger charge is -2.02. The molecule has 1 amide bonds. The molecule has 1 rings (SSSR count). The Morgan fingerprint density at radius 3 is 3.06 bits per heavy atom. The highest BCUT2D eigenvalue weighted by atomic mass is 16.5. The summed E-state index contributed by atoms with van der Waals surface area (Å²) < 4.78 is 9.76. The maximum Gasteiger partial charge on any atom is 0.273 e. The van der Waals surface area contributed by atoms with E-state index in [-0.39, 0.29) is 11.6 Å². The first kappa shape index (κ1) is 12.7. The molecule has 0 bridgehead atoms. The largest absolute Gasteiger partial charge is 0.377 e. The molecule has 0 fully saturated rings. The summed E-state index contributed by atoms with van der Waals surface area (Å²) in [5.41, 5.74) is 0.281. The molecule has 0 saturated heterocycles. The number of aromatic nitrogens is 1. The van der Waals surface area contributed by atoms with Gasteiger partial charge in [-0.2, -0.15) is 0 Å². The smallest absolute Gasteiger partial charge is 0.273 e. The first-order chi connectivity index (χ1) is 7.77. The fraction of sp³-hybridized carbons (Fsp3) is 0.600. The van der Waals surface area contributed by atoms with Crippen molar-refractivity contribution in [3.63, 3.8) is 0 Å². The lowest BCUT2D eigenvalue weighted by atomic mass is 10.3. The van der Waals surface area contributed by atoms with Crippen LogP contribution in [0.1, 0.15) is 23.2 Å². The van der Waals surface area contributed by atoms with Crippen LogP contribution in [0.2, 0.25) is 0 Å². The average molecular weight is 227 g/mol. The van der Waals surface area contributed by atoms with E-state index in [4.69, 9.17) is 9.26 Å². The van der Waals surface area contributed by atoms with Gasteiger partial charge in [-0.1, -0.05) is 12.1 Å². The Morgan fingerprint density at radius 2 is 2.38 bits per heavy atom. The highest BCUT2D eigenvalue weighted by Crippen LogP contribution is 2.04. The molecule has 0 aliphatic heterocycles. The highest BCUT2D eigenvalue weighted by molar-refractivity contribution is 5.92. The van der Waals surface area contributed by atoms with Crippen molar-refractivity contribution in [2.75, 3.05) is 26.7 Å². The Hall–Kier alpha value is -1.40. The lowest BCUT2D eigenvalue weighted by molar-refractivity contribution is 0.0944. The van der Waals surface area contributed by atoms with Crippen molar-refractivity contribution in [2.45, 2.75) is 13.5 Å². The van der Waals surface area contributed by atoms with Gasteiger partial charge in [-0.15, -0.1) is 0 Å². The van der Waals surface area contributed by atoms with Crippen molar-refractivity contribution >= 4 is 5.91 Å². The molecule has 6 heteroatoms. The van der Waals surface area contributed by atoms with Crippen LogP contribution in [-0.4, -0.2) is 37.8 Å². The number of likely N-dealkylation sites (N-methyl/N-ethyl adjacent to an activating group) is 1. The van der Waals surface area contributed by atoms with Crippen molar-refractivity contribution in [3.05, 3.63) is 17.5 Å². The quantitative estimate of drug-likeness (QED) is 0.649. The fourth-order valence-corrected chi connectivity index (χ4v) is 1.16. The molecule has 6 nitrogen and oxygen atoms in total. The summed E-state index contributed by atoms with van der Waals surface area (Å²) in [6.07, 6.45) is 0. The van der Waals surface area contributed by atoms with Gasteiger partial charge < -0.3 is 19.9 Å². The summed E-state index contributed by atoms with van der Waals surface area (Å²) in [7, 11) is 1.55. The minimum Gasteiger partial charge on any atom is -0.377 e. The SMILES string of the molecule is CCNCCNC(=O)c1cc(COC)on1. The zero-order valence-corrected chi connectivity index (χ0v) is 9.58. The maximum atomic E-state index is 11.5. The first-order valence-corrected chi connectivity index (χ1v) is 5.21. The van der Waals surface area contributed by atoms with E-state index in [1.807, 2.05) is 6.92 Å². The van der Waals surface area contributed by atoms with Crippen LogP contribution in [0.3, 0.4) is 0 Å². The van der Waals surface area contributed by atoms with Gasteiger partial charge in [0.2, 0.25) is 0 Å². The van der Waals surface area contributed by atoms with E-state index in [1.54, 1.807) is 13.2 Å². The molecule has 0 atom stereocenters. The minimum absolute atomic E-state index is 0.232. The van der Waals surface area contributed by atoms with Crippen LogP contribution in [0.4, 0.5) is 0 Å². The lowest BCUT2D eigenvalue weighted by Crippen LogP contribution is -2.31. The van der Waals surface area contributed by atoms with Crippen LogP contribution in [0.25, 0.3) is 0 Å². The van der Waals surface area contributed by atoms with Gasteiger partial charge in [0.25, 0.3) is 5.91 Å². The maximum absolute atomic E-state index is 11.5. The van der Waals surface area contributed by atoms with Crippen LogP contribution in [-0.2, 0) is 11.3 Å². The molecule has 90 valence electrons. The number of nitrogens with zero attached hydrogens (tertiary/aromatic N) is 1. The molecule has 1 heterocycles. The third-order valence-corrected chi connectivity index (χ3v) is 1.92. The summed E-state index contributed by atoms with van der Waals surface area (Å²) >= 11 is 0. The molecule has 2 N–H and O–H groups in total. The monoisotopic (exact) mass is 227 g/mol. The number of nitrogens with one attached hydrogen (secondary N) is 2. The van der Waals surface area contributed by atoms with Crippen molar-refractivity contribution in [1.82, 2.24) is 15.8 Å². The summed E-state index contributed by atoms with van der Waals surface area (Å²) in [6, 6.07) is 1.58. The van der Waals surface area contributed by atoms with Gasteiger partial charge >= 0.3 is 0 Å². The van der Waals surface area contributed by atoms with Gasteiger partial charge in [-0.25, -0.2) is 0 Å². The molecule has 16 heavy (non-hydrogen) atoms. The molecule has 0 radical (unpaired) electrons. The fourth-order valence-electron chi connectivity index (χ4n) is 1.16. The zero-order chi connectivity index (χ0) is 11.8. The molecular weight excluding hydrogens is 210 g/mol. The standard InChI is InChI=1S/C10H17N3O3/c1-3-11-4-5-12-10(14)9-6-8(7-15-2)16-13-9/h6,11H,3-5,7H2,1-2H3,(H,12,14). The number of hydrogen-bond donors (Lipinski definition) is 2. The third-order valence-electron chi connectivity index (χ3n) is 1.92. The number of methoxy groups -OCH3 is 1. The van der Waals surface area contributed by atoms with Crippen molar-refractivity contribution < 1.29 is 14.1 Å². The zero-order valence-electron chi connectivity index (χ0n) is 9.58. The van der Waals surface area contributed by atoms with Crippen LogP contribution in [0.5, 0.6) is 0 Å². The van der Waals surface area contributed by atoms with E-state index in [0.29, 0.717) is 18.9 Å². The second-order valence-corrected chi connectivity index (χ2v) is 3.22.